The Kier molecular flexibility index (Phi) is 1.93. The van der Waals surface area contributed by atoms with Crippen molar-refractivity contribution in [3.63, 3.8) is 0 Å². The molecule has 0 aliphatic rings. The highest BCUT2D eigenvalue weighted by Crippen LogP contribution is 2.23. The average molecular weight is 210 g/mol. The van der Waals surface area contributed by atoms with Crippen molar-refractivity contribution >= 4 is 10.8 Å². The van der Waals surface area contributed by atoms with Crippen LogP contribution in [0.2, 0.25) is 0 Å². The molecule has 2 aromatic heterocycles. The molecule has 3 aromatic rings. The summed E-state index contributed by atoms with van der Waals surface area (Å²) in [5.74, 6) is 1.44. The monoisotopic (exact) mass is 210 g/mol. The van der Waals surface area contributed by atoms with Gasteiger partial charge in [-0.25, -0.2) is 4.98 Å². The third-order valence-electron chi connectivity index (χ3n) is 2.48. The fourth-order valence-corrected chi connectivity index (χ4v) is 1.75. The Morgan fingerprint density at radius 1 is 1.12 bits per heavy atom. The van der Waals surface area contributed by atoms with E-state index in [1.165, 1.54) is 0 Å². The van der Waals surface area contributed by atoms with E-state index in [0.717, 1.165) is 22.3 Å². The highest BCUT2D eigenvalue weighted by atomic mass is 15.2. The zero-order valence-corrected chi connectivity index (χ0v) is 8.81. The molecule has 78 valence electrons. The van der Waals surface area contributed by atoms with Gasteiger partial charge in [0.2, 0.25) is 0 Å². The Morgan fingerprint density at radius 2 is 2.00 bits per heavy atom. The lowest BCUT2D eigenvalue weighted by Crippen LogP contribution is -1.87. The minimum atomic E-state index is 0.648. The first-order valence-electron chi connectivity index (χ1n) is 5.08. The van der Waals surface area contributed by atoms with Crippen LogP contribution in [0.25, 0.3) is 22.3 Å². The van der Waals surface area contributed by atoms with Crippen LogP contribution in [0.3, 0.4) is 0 Å². The molecule has 0 saturated heterocycles. The molecule has 4 heteroatoms. The lowest BCUT2D eigenvalue weighted by molar-refractivity contribution is 1.04. The van der Waals surface area contributed by atoms with E-state index in [1.54, 1.807) is 6.20 Å². The van der Waals surface area contributed by atoms with Crippen molar-refractivity contribution in [2.75, 3.05) is 0 Å². The fraction of sp³-hybridized carbons (Fsp3) is 0.0833. The van der Waals surface area contributed by atoms with Gasteiger partial charge in [0.25, 0.3) is 0 Å². The summed E-state index contributed by atoms with van der Waals surface area (Å²) in [5, 5.41) is 9.19. The summed E-state index contributed by atoms with van der Waals surface area (Å²) in [6.45, 7) is 1.88. The summed E-state index contributed by atoms with van der Waals surface area (Å²) in [6.07, 6.45) is 1.78. The predicted octanol–water partition coefficient (Wildman–Crippen LogP) is 2.33. The molecule has 0 aliphatic heterocycles. The quantitative estimate of drug-likeness (QED) is 0.670. The maximum Gasteiger partial charge on any atom is 0.200 e. The van der Waals surface area contributed by atoms with Crippen LogP contribution in [0, 0.1) is 6.92 Å². The topological polar surface area (TPSA) is 54.5 Å². The second-order valence-corrected chi connectivity index (χ2v) is 3.63. The van der Waals surface area contributed by atoms with E-state index in [-0.39, 0.29) is 0 Å². The first kappa shape index (κ1) is 9.03. The summed E-state index contributed by atoms with van der Waals surface area (Å²) in [6, 6.07) is 10.1. The van der Waals surface area contributed by atoms with Gasteiger partial charge in [0.1, 0.15) is 11.5 Å². The van der Waals surface area contributed by atoms with Crippen LogP contribution < -0.4 is 0 Å². The van der Waals surface area contributed by atoms with Gasteiger partial charge in [-0.3, -0.25) is 10.1 Å². The van der Waals surface area contributed by atoms with Gasteiger partial charge in [-0.05, 0) is 18.4 Å². The molecule has 0 unspecified atom stereocenters. The zero-order chi connectivity index (χ0) is 11.0. The van der Waals surface area contributed by atoms with Crippen molar-refractivity contribution in [1.82, 2.24) is 20.2 Å². The highest BCUT2D eigenvalue weighted by molar-refractivity contribution is 5.92. The molecule has 0 radical (unpaired) electrons. The van der Waals surface area contributed by atoms with Gasteiger partial charge >= 0.3 is 0 Å². The molecule has 3 rings (SSSR count). The molecule has 4 nitrogen and oxygen atoms in total. The summed E-state index contributed by atoms with van der Waals surface area (Å²) in [4.78, 5) is 8.65. The number of benzene rings is 1. The summed E-state index contributed by atoms with van der Waals surface area (Å²) in [5.41, 5.74) is 0.822. The molecule has 16 heavy (non-hydrogen) atoms. The third kappa shape index (κ3) is 1.35. The van der Waals surface area contributed by atoms with Crippen LogP contribution in [-0.4, -0.2) is 20.2 Å². The minimum Gasteiger partial charge on any atom is -0.263 e. The van der Waals surface area contributed by atoms with E-state index < -0.39 is 0 Å². The van der Waals surface area contributed by atoms with Crippen molar-refractivity contribution < 1.29 is 0 Å². The average Bonchev–Trinajstić information content (AvgIpc) is 2.75. The second kappa shape index (κ2) is 3.41. The van der Waals surface area contributed by atoms with Crippen molar-refractivity contribution in [2.45, 2.75) is 6.92 Å². The van der Waals surface area contributed by atoms with Gasteiger partial charge < -0.3 is 0 Å². The SMILES string of the molecule is Cc1nc(-c2nccc3ccccc23)n[nH]1. The maximum absolute atomic E-state index is 4.35. The molecule has 1 N–H and O–H groups in total. The third-order valence-corrected chi connectivity index (χ3v) is 2.48. The number of aromatic amines is 1. The number of hydrogen-bond donors (Lipinski definition) is 1. The molecule has 0 spiro atoms. The van der Waals surface area contributed by atoms with Gasteiger partial charge in [-0.2, -0.15) is 5.10 Å². The van der Waals surface area contributed by atoms with E-state index in [2.05, 4.69) is 26.2 Å². The molecule has 0 saturated carbocycles. The van der Waals surface area contributed by atoms with Crippen LogP contribution in [-0.2, 0) is 0 Å². The van der Waals surface area contributed by atoms with Crippen LogP contribution in [0.5, 0.6) is 0 Å². The molecule has 1 aromatic carbocycles. The number of pyridine rings is 1. The summed E-state index contributed by atoms with van der Waals surface area (Å²) >= 11 is 0. The van der Waals surface area contributed by atoms with Crippen LogP contribution in [0.1, 0.15) is 5.82 Å². The van der Waals surface area contributed by atoms with Gasteiger partial charge in [0.05, 0.1) is 0 Å². The van der Waals surface area contributed by atoms with E-state index in [9.17, 15) is 0 Å². The molecular weight excluding hydrogens is 200 g/mol. The van der Waals surface area contributed by atoms with Gasteiger partial charge in [0.15, 0.2) is 5.82 Å². The lowest BCUT2D eigenvalue weighted by atomic mass is 10.1. The van der Waals surface area contributed by atoms with E-state index in [4.69, 9.17) is 0 Å². The van der Waals surface area contributed by atoms with E-state index in [1.807, 2.05) is 31.2 Å². The Balaban J connectivity index is 2.31. The molecule has 0 bridgehead atoms. The number of fused-ring (bicyclic) bond motifs is 1. The van der Waals surface area contributed by atoms with Crippen molar-refractivity contribution in [2.24, 2.45) is 0 Å². The summed E-state index contributed by atoms with van der Waals surface area (Å²) in [7, 11) is 0. The minimum absolute atomic E-state index is 0.648. The molecule has 0 fully saturated rings. The molecule has 2 heterocycles. The number of rotatable bonds is 1. The zero-order valence-electron chi connectivity index (χ0n) is 8.81. The molecule has 0 aliphatic carbocycles. The predicted molar refractivity (Wildman–Crippen MR) is 61.9 cm³/mol. The normalized spacial score (nSPS) is 10.8. The number of H-pyrrole nitrogens is 1. The number of nitrogens with zero attached hydrogens (tertiary/aromatic N) is 3. The van der Waals surface area contributed by atoms with Crippen molar-refractivity contribution in [3.8, 4) is 11.5 Å². The number of hydrogen-bond acceptors (Lipinski definition) is 3. The van der Waals surface area contributed by atoms with E-state index >= 15 is 0 Å². The second-order valence-electron chi connectivity index (χ2n) is 3.63. The largest absolute Gasteiger partial charge is 0.263 e. The Bertz CT molecular complexity index is 637. The van der Waals surface area contributed by atoms with E-state index in [0.29, 0.717) is 5.82 Å². The van der Waals surface area contributed by atoms with Crippen molar-refractivity contribution in [1.29, 1.82) is 0 Å². The van der Waals surface area contributed by atoms with Crippen molar-refractivity contribution in [3.05, 3.63) is 42.4 Å². The van der Waals surface area contributed by atoms with Crippen LogP contribution in [0.15, 0.2) is 36.5 Å². The van der Waals surface area contributed by atoms with Gasteiger partial charge in [-0.1, -0.05) is 24.3 Å². The van der Waals surface area contributed by atoms with Crippen LogP contribution >= 0.6 is 0 Å². The number of aromatic nitrogens is 4. The molecular formula is C12H10N4. The Hall–Kier alpha value is -2.23. The van der Waals surface area contributed by atoms with Gasteiger partial charge in [-0.15, -0.1) is 0 Å². The highest BCUT2D eigenvalue weighted by Gasteiger charge is 2.08. The number of aryl methyl sites for hydroxylation is 1. The molecule has 0 amide bonds. The first-order chi connectivity index (χ1) is 7.84. The van der Waals surface area contributed by atoms with Gasteiger partial charge in [0, 0.05) is 11.6 Å². The standard InChI is InChI=1S/C12H10N4/c1-8-14-12(16-15-8)11-10-5-3-2-4-9(10)6-7-13-11/h2-7H,1H3,(H,14,15,16). The number of nitrogens with one attached hydrogen (secondary N) is 1. The maximum atomic E-state index is 4.35. The fourth-order valence-electron chi connectivity index (χ4n) is 1.75. The Morgan fingerprint density at radius 3 is 2.81 bits per heavy atom. The van der Waals surface area contributed by atoms with Crippen LogP contribution in [0.4, 0.5) is 0 Å². The first-order valence-corrected chi connectivity index (χ1v) is 5.08. The summed E-state index contributed by atoms with van der Waals surface area (Å²) < 4.78 is 0. The Labute approximate surface area is 92.4 Å². The lowest BCUT2D eigenvalue weighted by Gasteiger charge is -2.00. The smallest absolute Gasteiger partial charge is 0.200 e. The molecule has 0 atom stereocenters.